The lowest BCUT2D eigenvalue weighted by atomic mass is 9.33. The van der Waals surface area contributed by atoms with Crippen LogP contribution >= 0.6 is 0 Å². The zero-order valence-corrected chi connectivity index (χ0v) is 85.4. The van der Waals surface area contributed by atoms with Gasteiger partial charge < -0.3 is 222 Å². The summed E-state index contributed by atoms with van der Waals surface area (Å²) in [5.74, 6) is -4.33. The van der Waals surface area contributed by atoms with E-state index < -0.39 is 384 Å². The van der Waals surface area contributed by atoms with E-state index in [0.29, 0.717) is 32.1 Å². The number of aliphatic hydroxyl groups is 25. The first-order valence-electron chi connectivity index (χ1n) is 51.2. The molecule has 148 heavy (non-hydrogen) atoms. The fourth-order valence-electron chi connectivity index (χ4n) is 25.1. The van der Waals surface area contributed by atoms with Gasteiger partial charge in [-0.15, -0.1) is 13.2 Å². The monoisotopic (exact) mass is 2130 g/mol. The van der Waals surface area contributed by atoms with Gasteiger partial charge in [-0.1, -0.05) is 84.4 Å². The number of hydrogen-bond donors (Lipinski definition) is 25. The summed E-state index contributed by atoms with van der Waals surface area (Å²) >= 11 is 0. The molecule has 0 aromatic rings. The third-order valence-electron chi connectivity index (χ3n) is 34.9. The molecule has 0 radical (unpaired) electrons. The molecule has 25 N–H and O–H groups in total. The fourth-order valence-corrected chi connectivity index (χ4v) is 25.1. The number of hydrogen-bond acceptors (Lipinski definition) is 48. The standard InChI is InChI=1S/C100H158O48/c1-16-95(11,147-84-70(120)59(109)47(105)37-130-84)26-19-21-41(4)82(127)141-76-42(5)134-89(74(124)68(76)118)148-96(12,17-2)27-18-20-40(3)81(126)139-57-32-100(92(128)146-91-80(67(117)62(112)50(34-102)137-91)145-88-75(125)78(143-87-73(123)65(115)61(111)49(33-101)135-87)77(43(6)133-88)142-86-71(121)63(113)51(35-103)136-86)45(30-93(57,7)8)44-22-23-54-97(13)28-25-56(94(9,10)53(97)24-29-98(54,14)99(44,15)31-55(100)107)140-85-72(122)66(116)64(114)52(138-85)39-132-90-79(60(110)48(106)38-131-90)144-83-69(119)58(108)46(104)36-129-83/h16-17,20-22,42-43,45-80,83-91,101-125H,1-2,18-19,23-39H2,3-15H3/b40-20+,41-21+/t42-,43+,45+,46-,47-,48+,49-,50-,51+,52-,53+,54-,55-,56+,57+,58+,59+,60+,61-,62-,63+,64-,65+,66+,67+,68-,69-,70-,71-,72-,73-,74-,75-,76-,77+,78+,79-,80-,83+,84+,85+,86+,87+,88+,89+,90+,91+,95+,96-,97+,98-,99-,100-/m1/s1. The van der Waals surface area contributed by atoms with E-state index >= 15 is 9.59 Å². The van der Waals surface area contributed by atoms with Crippen molar-refractivity contribution in [2.45, 2.75) is 449 Å². The number of rotatable bonds is 34. The van der Waals surface area contributed by atoms with Gasteiger partial charge in [-0.05, 0) is 152 Å². The van der Waals surface area contributed by atoms with Crippen LogP contribution in [-0.2, 0) is 109 Å². The van der Waals surface area contributed by atoms with E-state index in [0.717, 1.165) is 5.57 Å². The van der Waals surface area contributed by atoms with Gasteiger partial charge in [0.15, 0.2) is 62.5 Å². The zero-order chi connectivity index (χ0) is 109. The van der Waals surface area contributed by atoms with E-state index in [4.69, 9.17) is 94.7 Å². The quantitative estimate of drug-likeness (QED) is 0.00938. The average Bonchev–Trinajstić information content (AvgIpc) is 0.681. The fraction of sp³-hybridized carbons (Fsp3) is 0.870. The summed E-state index contributed by atoms with van der Waals surface area (Å²) in [6.45, 7) is 26.4. The minimum Gasteiger partial charge on any atom is -0.458 e. The molecule has 0 bridgehead atoms. The molecular formula is C100H158O48. The van der Waals surface area contributed by atoms with Crippen molar-refractivity contribution in [3.63, 3.8) is 0 Å². The molecule has 846 valence electrons. The number of allylic oxidation sites excluding steroid dienone is 4. The van der Waals surface area contributed by atoms with Crippen LogP contribution in [0.15, 0.2) is 60.3 Å². The molecule has 14 aliphatic rings. The molecule has 53 atom stereocenters. The molecule has 9 aliphatic heterocycles. The number of carbonyl (C=O) groups is 3. The van der Waals surface area contributed by atoms with Crippen molar-refractivity contribution in [1.82, 2.24) is 0 Å². The highest BCUT2D eigenvalue weighted by Gasteiger charge is 2.74. The van der Waals surface area contributed by atoms with Crippen molar-refractivity contribution in [2.24, 2.45) is 50.2 Å². The zero-order valence-electron chi connectivity index (χ0n) is 85.4. The first-order chi connectivity index (χ1) is 69.4. The van der Waals surface area contributed by atoms with Gasteiger partial charge in [0.1, 0.15) is 182 Å². The van der Waals surface area contributed by atoms with Crippen LogP contribution in [0.4, 0.5) is 0 Å². The molecule has 48 nitrogen and oxygen atoms in total. The highest BCUT2D eigenvalue weighted by molar-refractivity contribution is 5.88. The van der Waals surface area contributed by atoms with Crippen LogP contribution in [0, 0.1) is 50.2 Å². The minimum atomic E-state index is -2.28. The lowest BCUT2D eigenvalue weighted by Gasteiger charge is -2.72. The third-order valence-corrected chi connectivity index (χ3v) is 34.9. The van der Waals surface area contributed by atoms with Crippen molar-refractivity contribution >= 4 is 17.9 Å². The Kier molecular flexibility index (Phi) is 37.7. The molecule has 9 saturated heterocycles. The highest BCUT2D eigenvalue weighted by atomic mass is 16.8. The predicted molar refractivity (Wildman–Crippen MR) is 497 cm³/mol. The van der Waals surface area contributed by atoms with Gasteiger partial charge in [0.05, 0.1) is 81.9 Å². The summed E-state index contributed by atoms with van der Waals surface area (Å²) in [6, 6.07) is 0. The van der Waals surface area contributed by atoms with Crippen molar-refractivity contribution in [3.8, 4) is 0 Å². The average molecular weight is 2130 g/mol. The summed E-state index contributed by atoms with van der Waals surface area (Å²) in [5, 5.41) is 278. The molecule has 0 unspecified atom stereocenters. The summed E-state index contributed by atoms with van der Waals surface area (Å²) in [7, 11) is 0. The lowest BCUT2D eigenvalue weighted by molar-refractivity contribution is -0.390. The van der Waals surface area contributed by atoms with E-state index in [2.05, 4.69) is 40.0 Å². The first kappa shape index (κ1) is 119. The van der Waals surface area contributed by atoms with Crippen LogP contribution in [-0.4, -0.2) is 473 Å². The Hall–Kier alpha value is -4.57. The van der Waals surface area contributed by atoms with E-state index in [9.17, 15) is 132 Å². The molecule has 9 heterocycles. The number of fused-ring (bicyclic) bond motifs is 7. The second-order valence-corrected chi connectivity index (χ2v) is 45.3. The van der Waals surface area contributed by atoms with Gasteiger partial charge >= 0.3 is 17.9 Å². The van der Waals surface area contributed by atoms with Crippen molar-refractivity contribution < 1.29 is 237 Å². The topological polar surface area (TPSA) is 742 Å². The van der Waals surface area contributed by atoms with Gasteiger partial charge in [0.25, 0.3) is 0 Å². The molecular weight excluding hydrogens is 1970 g/mol. The Bertz CT molecular complexity index is 4570. The van der Waals surface area contributed by atoms with Crippen LogP contribution in [0.25, 0.3) is 0 Å². The second-order valence-electron chi connectivity index (χ2n) is 45.3. The summed E-state index contributed by atoms with van der Waals surface area (Å²) < 4.78 is 121. The Morgan fingerprint density at radius 3 is 1.43 bits per heavy atom. The molecule has 0 aromatic heterocycles. The Morgan fingerprint density at radius 2 is 0.851 bits per heavy atom. The van der Waals surface area contributed by atoms with Crippen LogP contribution in [0.3, 0.4) is 0 Å². The summed E-state index contributed by atoms with van der Waals surface area (Å²) in [4.78, 5) is 45.5. The molecule has 0 amide bonds. The lowest BCUT2D eigenvalue weighted by Crippen LogP contribution is -2.70. The smallest absolute Gasteiger partial charge is 0.333 e. The third kappa shape index (κ3) is 23.0. The van der Waals surface area contributed by atoms with Crippen LogP contribution in [0.1, 0.15) is 167 Å². The first-order valence-corrected chi connectivity index (χ1v) is 51.2. The van der Waals surface area contributed by atoms with E-state index in [1.54, 1.807) is 26.0 Å². The number of carbonyl (C=O) groups excluding carboxylic acids is 3. The summed E-state index contributed by atoms with van der Waals surface area (Å²) in [5.41, 5.74) is -7.96. The maximum Gasteiger partial charge on any atom is 0.333 e. The van der Waals surface area contributed by atoms with Gasteiger partial charge in [-0.25, -0.2) is 9.59 Å². The van der Waals surface area contributed by atoms with E-state index in [1.807, 2.05) is 27.7 Å². The normalized spacial score (nSPS) is 49.1. The maximum absolute atomic E-state index is 16.8. The van der Waals surface area contributed by atoms with Crippen molar-refractivity contribution in [3.05, 3.63) is 60.3 Å². The van der Waals surface area contributed by atoms with Crippen molar-refractivity contribution in [1.29, 1.82) is 0 Å². The van der Waals surface area contributed by atoms with Gasteiger partial charge in [0.2, 0.25) is 6.29 Å². The van der Waals surface area contributed by atoms with Gasteiger partial charge in [-0.2, -0.15) is 0 Å². The second kappa shape index (κ2) is 46.9. The number of esters is 3. The molecule has 4 saturated carbocycles. The van der Waals surface area contributed by atoms with Crippen LogP contribution in [0.2, 0.25) is 0 Å². The largest absolute Gasteiger partial charge is 0.458 e. The summed E-state index contributed by atoms with van der Waals surface area (Å²) in [6.07, 6.45) is -65.0. The molecule has 13 fully saturated rings. The van der Waals surface area contributed by atoms with Crippen molar-refractivity contribution in [2.75, 3.05) is 46.2 Å². The Balaban J connectivity index is 0.711. The van der Waals surface area contributed by atoms with Gasteiger partial charge in [0, 0.05) is 23.0 Å². The van der Waals surface area contributed by atoms with E-state index in [-0.39, 0.29) is 68.1 Å². The van der Waals surface area contributed by atoms with Crippen LogP contribution < -0.4 is 0 Å². The Labute approximate surface area is 856 Å². The minimum absolute atomic E-state index is 0.0123. The van der Waals surface area contributed by atoms with E-state index in [1.165, 1.54) is 39.8 Å². The number of ether oxygens (including phenoxy) is 20. The number of aliphatic hydroxyl groups excluding tert-OH is 25. The molecule has 0 spiro atoms. The molecule has 48 heteroatoms. The SMILES string of the molecule is C=C[C@@](C)(CC/C=C(\C)C(=O)O[C@H]1[C@H](O)[C@@H](O)[C@H](O[C@](C)(C=C)CC/C=C(\C)C(=O)O[C@H]2C[C@]3(C(=O)O[C@@H]4O[C@H](CO)[C@@H](O)[C@H](O)[C@H]4O[C@@H]4O[C@@H](C)[C@H](O[C@@H]5O[C@@H](CO)[C@H](O)[C@H]5O)[C@@H](O[C@@H]5O[C@H](CO)[C@@H](O)[C@H](O)[C@H]5O)[C@H]4O)[C@H](O)C[C@]4(C)C(=CC[C@@H]5[C@@]6(C)CC[C@H](O[C@@H]7O[C@H](CO[C@@H]8OC[C@H](O)[C@H](O)[C@H]8O[C@@H]8OC[C@@H](O)[C@H](O)[C@H]8O)[C@@H](O)[C@H](O)[C@H]7O)C(C)(C)[C@@H]6CC[C@]54C)[C@@H]3CC2(C)C)O[C@@H]1C)O[C@@H]1OC[C@@H](O)[C@H](O)[C@H]1O. The Morgan fingerprint density at radius 1 is 0.419 bits per heavy atom. The molecule has 14 rings (SSSR count). The molecule has 0 aromatic carbocycles. The van der Waals surface area contributed by atoms with Gasteiger partial charge in [-0.3, -0.25) is 4.79 Å². The molecule has 5 aliphatic carbocycles. The van der Waals surface area contributed by atoms with Crippen LogP contribution in [0.5, 0.6) is 0 Å². The highest BCUT2D eigenvalue weighted by Crippen LogP contribution is 2.76. The predicted octanol–water partition coefficient (Wildman–Crippen LogP) is -5.93. The maximum atomic E-state index is 16.8.